The van der Waals surface area contributed by atoms with E-state index >= 15 is 0 Å². The van der Waals surface area contributed by atoms with Gasteiger partial charge in [-0.1, -0.05) is 17.7 Å². The van der Waals surface area contributed by atoms with Gasteiger partial charge in [-0.3, -0.25) is 14.4 Å². The molecule has 0 radical (unpaired) electrons. The average molecular weight is 641 g/mol. The molecular formula is C31H33IN2O5. The normalized spacial score (nSPS) is 17.7. The lowest BCUT2D eigenvalue weighted by molar-refractivity contribution is -0.118. The zero-order chi connectivity index (χ0) is 27.7. The van der Waals surface area contributed by atoms with Crippen LogP contribution in [-0.4, -0.2) is 42.6 Å². The first kappa shape index (κ1) is 27.4. The second kappa shape index (κ2) is 11.5. The van der Waals surface area contributed by atoms with Crippen LogP contribution in [0.4, 0.5) is 5.69 Å². The predicted molar refractivity (Wildman–Crippen MR) is 158 cm³/mol. The average Bonchev–Trinajstić information content (AvgIpc) is 2.91. The Morgan fingerprint density at radius 2 is 1.59 bits per heavy atom. The van der Waals surface area contributed by atoms with Gasteiger partial charge in [-0.2, -0.15) is 0 Å². The molecule has 2 aromatic rings. The second-order valence-electron chi connectivity index (χ2n) is 10.2. The van der Waals surface area contributed by atoms with E-state index in [2.05, 4.69) is 32.8 Å². The van der Waals surface area contributed by atoms with Crippen molar-refractivity contribution in [2.75, 3.05) is 25.6 Å². The van der Waals surface area contributed by atoms with Crippen molar-refractivity contribution in [3.8, 4) is 11.5 Å². The maximum absolute atomic E-state index is 13.3. The van der Waals surface area contributed by atoms with Crippen molar-refractivity contribution in [1.29, 1.82) is 0 Å². The third-order valence-corrected chi connectivity index (χ3v) is 8.39. The molecule has 0 fully saturated rings. The van der Waals surface area contributed by atoms with Gasteiger partial charge in [0, 0.05) is 54.0 Å². The Bertz CT molecular complexity index is 1350. The number of ketones is 2. The minimum atomic E-state index is -0.418. The zero-order valence-corrected chi connectivity index (χ0v) is 24.7. The second-order valence-corrected chi connectivity index (χ2v) is 11.4. The molecule has 5 rings (SSSR count). The van der Waals surface area contributed by atoms with Crippen molar-refractivity contribution < 1.29 is 23.9 Å². The molecule has 2 aromatic carbocycles. The molecule has 0 bridgehead atoms. The van der Waals surface area contributed by atoms with Crippen molar-refractivity contribution in [2.24, 2.45) is 0 Å². The fourth-order valence-corrected chi connectivity index (χ4v) is 6.60. The molecule has 8 heteroatoms. The number of nitrogens with one attached hydrogen (secondary N) is 1. The highest BCUT2D eigenvalue weighted by Gasteiger charge is 2.42. The number of aryl methyl sites for hydroxylation is 1. The lowest BCUT2D eigenvalue weighted by atomic mass is 9.71. The Morgan fingerprint density at radius 1 is 0.974 bits per heavy atom. The van der Waals surface area contributed by atoms with E-state index in [9.17, 15) is 14.4 Å². The van der Waals surface area contributed by atoms with Crippen LogP contribution < -0.4 is 14.8 Å². The van der Waals surface area contributed by atoms with Gasteiger partial charge >= 0.3 is 0 Å². The molecule has 204 valence electrons. The summed E-state index contributed by atoms with van der Waals surface area (Å²) in [7, 11) is 1.99. The Morgan fingerprint density at radius 3 is 2.18 bits per heavy atom. The largest absolute Gasteiger partial charge is 0.490 e. The van der Waals surface area contributed by atoms with Crippen LogP contribution in [0.3, 0.4) is 0 Å². The number of hydrogen-bond acceptors (Lipinski definition) is 6. The fraction of sp³-hybridized carbons (Fsp3) is 0.387. The monoisotopic (exact) mass is 640 g/mol. The summed E-state index contributed by atoms with van der Waals surface area (Å²) in [5.41, 5.74) is 6.20. The summed E-state index contributed by atoms with van der Waals surface area (Å²) in [4.78, 5) is 41.4. The molecule has 1 amide bonds. The van der Waals surface area contributed by atoms with Gasteiger partial charge in [0.05, 0.1) is 10.2 Å². The van der Waals surface area contributed by atoms with Gasteiger partial charge in [0.25, 0.3) is 5.91 Å². The molecule has 7 nitrogen and oxygen atoms in total. The quantitative estimate of drug-likeness (QED) is 0.371. The van der Waals surface area contributed by atoms with Gasteiger partial charge in [0.2, 0.25) is 0 Å². The molecule has 1 aliphatic heterocycles. The van der Waals surface area contributed by atoms with E-state index in [4.69, 9.17) is 9.47 Å². The highest BCUT2D eigenvalue weighted by molar-refractivity contribution is 14.1. The first-order valence-corrected chi connectivity index (χ1v) is 14.6. The summed E-state index contributed by atoms with van der Waals surface area (Å²) in [6, 6.07) is 11.4. The number of halogens is 1. The van der Waals surface area contributed by atoms with E-state index in [-0.39, 0.29) is 24.1 Å². The van der Waals surface area contributed by atoms with Crippen LogP contribution >= 0.6 is 22.6 Å². The fourth-order valence-electron chi connectivity index (χ4n) is 5.82. The lowest BCUT2D eigenvalue weighted by Gasteiger charge is -2.42. The van der Waals surface area contributed by atoms with Gasteiger partial charge in [-0.05, 0) is 92.0 Å². The Kier molecular flexibility index (Phi) is 8.11. The molecule has 0 saturated carbocycles. The van der Waals surface area contributed by atoms with E-state index in [0.717, 1.165) is 62.9 Å². The number of amides is 1. The molecule has 0 unspecified atom stereocenters. The number of carbonyl (C=O) groups excluding carboxylic acids is 3. The molecule has 1 N–H and O–H groups in total. The molecule has 0 saturated heterocycles. The molecule has 39 heavy (non-hydrogen) atoms. The Hall–Kier alpha value is -3.14. The number of allylic oxidation sites excluding steroid dienone is 4. The molecular weight excluding hydrogens is 607 g/mol. The van der Waals surface area contributed by atoms with Crippen molar-refractivity contribution in [2.45, 2.75) is 58.3 Å². The Balaban J connectivity index is 1.49. The first-order chi connectivity index (χ1) is 18.8. The number of carbonyl (C=O) groups is 3. The van der Waals surface area contributed by atoms with Crippen LogP contribution in [0.2, 0.25) is 0 Å². The topological polar surface area (TPSA) is 84.9 Å². The van der Waals surface area contributed by atoms with Crippen molar-refractivity contribution in [3.05, 3.63) is 73.6 Å². The van der Waals surface area contributed by atoms with Gasteiger partial charge in [-0.25, -0.2) is 0 Å². The van der Waals surface area contributed by atoms with E-state index in [0.29, 0.717) is 36.6 Å². The third kappa shape index (κ3) is 5.48. The molecule has 0 spiro atoms. The number of nitrogens with zero attached hydrogens (tertiary/aromatic N) is 1. The first-order valence-electron chi connectivity index (χ1n) is 13.5. The summed E-state index contributed by atoms with van der Waals surface area (Å²) >= 11 is 2.18. The highest BCUT2D eigenvalue weighted by Crippen LogP contribution is 2.50. The summed E-state index contributed by atoms with van der Waals surface area (Å²) in [5.74, 6) is 0.497. The molecule has 1 heterocycles. The smallest absolute Gasteiger partial charge is 0.262 e. The van der Waals surface area contributed by atoms with E-state index in [1.165, 1.54) is 0 Å². The van der Waals surface area contributed by atoms with Gasteiger partial charge in [-0.15, -0.1) is 0 Å². The van der Waals surface area contributed by atoms with E-state index in [1.807, 2.05) is 57.3 Å². The number of anilines is 1. The number of Topliss-reactive ketones (excluding diaryl/α,β-unsaturated/α-hetero) is 2. The SMILES string of the molecule is CCOc1cc(C2C3=C(CCCC3=O)N(C)C3=C2C(=O)CCC3)cc(I)c1OCC(=O)Nc1ccc(C)cc1. The standard InChI is InChI=1S/C31H33IN2O5/c1-4-38-26-16-19(15-21(32)31(26)39-17-27(37)33-20-13-11-18(2)12-14-20)28-29-22(7-5-9-24(29)35)34(3)23-8-6-10-25(36)30(23)28/h11-16,28H,4-10,17H2,1-3H3,(H,33,37). The van der Waals surface area contributed by atoms with Crippen LogP contribution in [0.15, 0.2) is 58.9 Å². The third-order valence-electron chi connectivity index (χ3n) is 7.59. The molecule has 0 atom stereocenters. The summed E-state index contributed by atoms with van der Waals surface area (Å²) in [6.45, 7) is 4.10. The summed E-state index contributed by atoms with van der Waals surface area (Å²) in [5, 5.41) is 2.85. The minimum Gasteiger partial charge on any atom is -0.490 e. The molecule has 3 aliphatic rings. The summed E-state index contributed by atoms with van der Waals surface area (Å²) < 4.78 is 12.7. The van der Waals surface area contributed by atoms with Gasteiger partial charge < -0.3 is 19.7 Å². The van der Waals surface area contributed by atoms with Crippen LogP contribution in [0, 0.1) is 10.5 Å². The summed E-state index contributed by atoms with van der Waals surface area (Å²) in [6.07, 6.45) is 4.28. The lowest BCUT2D eigenvalue weighted by Crippen LogP contribution is -2.37. The number of hydrogen-bond donors (Lipinski definition) is 1. The number of benzene rings is 2. The van der Waals surface area contributed by atoms with E-state index in [1.54, 1.807) is 0 Å². The van der Waals surface area contributed by atoms with Gasteiger partial charge in [0.15, 0.2) is 29.7 Å². The Labute approximate surface area is 242 Å². The van der Waals surface area contributed by atoms with Crippen LogP contribution in [0.1, 0.15) is 62.5 Å². The molecule has 0 aromatic heterocycles. The van der Waals surface area contributed by atoms with Crippen molar-refractivity contribution >= 4 is 45.8 Å². The zero-order valence-electron chi connectivity index (χ0n) is 22.6. The maximum atomic E-state index is 13.3. The van der Waals surface area contributed by atoms with E-state index < -0.39 is 5.92 Å². The van der Waals surface area contributed by atoms with Crippen LogP contribution in [0.25, 0.3) is 0 Å². The molecule has 2 aliphatic carbocycles. The van der Waals surface area contributed by atoms with Crippen molar-refractivity contribution in [3.63, 3.8) is 0 Å². The predicted octanol–water partition coefficient (Wildman–Crippen LogP) is 6.06. The highest BCUT2D eigenvalue weighted by atomic mass is 127. The van der Waals surface area contributed by atoms with Crippen molar-refractivity contribution in [1.82, 2.24) is 4.90 Å². The van der Waals surface area contributed by atoms with Gasteiger partial charge in [0.1, 0.15) is 0 Å². The number of rotatable bonds is 7. The minimum absolute atomic E-state index is 0.110. The number of ether oxygens (including phenoxy) is 2. The van der Waals surface area contributed by atoms with Crippen LogP contribution in [0.5, 0.6) is 11.5 Å². The van der Waals surface area contributed by atoms with Crippen LogP contribution in [-0.2, 0) is 14.4 Å². The maximum Gasteiger partial charge on any atom is 0.262 e.